The highest BCUT2D eigenvalue weighted by Crippen LogP contribution is 2.32. The number of aromatic amines is 1. The van der Waals surface area contributed by atoms with Crippen LogP contribution in [0.25, 0.3) is 22.3 Å². The Kier molecular flexibility index (Phi) is 6.57. The summed E-state index contributed by atoms with van der Waals surface area (Å²) in [5.74, 6) is 1.38. The molecule has 1 saturated carbocycles. The number of fused-ring (bicyclic) bond motifs is 1. The summed E-state index contributed by atoms with van der Waals surface area (Å²) in [5.41, 5.74) is 4.55. The fourth-order valence-corrected chi connectivity index (χ4v) is 5.11. The largest absolute Gasteiger partial charge is 0.342 e. The number of carbonyl (C=O) groups excluding carboxylic acids is 1. The number of alkyl halides is 2. The minimum absolute atomic E-state index is 0.221. The second-order valence-corrected chi connectivity index (χ2v) is 10.1. The summed E-state index contributed by atoms with van der Waals surface area (Å²) in [7, 11) is 0. The van der Waals surface area contributed by atoms with Crippen LogP contribution in [0.3, 0.4) is 0 Å². The zero-order valence-corrected chi connectivity index (χ0v) is 21.1. The number of aromatic nitrogens is 5. The lowest BCUT2D eigenvalue weighted by molar-refractivity contribution is -0.134. The van der Waals surface area contributed by atoms with Gasteiger partial charge in [-0.2, -0.15) is 0 Å². The van der Waals surface area contributed by atoms with Crippen LogP contribution in [-0.4, -0.2) is 66.8 Å². The first-order valence-corrected chi connectivity index (χ1v) is 13.0. The molecule has 1 aromatic carbocycles. The molecular weight excluding hydrogens is 488 g/mol. The molecule has 1 atom stereocenters. The van der Waals surface area contributed by atoms with Crippen LogP contribution in [0.1, 0.15) is 55.0 Å². The summed E-state index contributed by atoms with van der Waals surface area (Å²) in [6, 6.07) is 11.2. The first-order chi connectivity index (χ1) is 18.4. The average Bonchev–Trinajstić information content (AvgIpc) is 3.72. The molecule has 1 aliphatic heterocycles. The van der Waals surface area contributed by atoms with E-state index in [4.69, 9.17) is 4.98 Å². The number of benzene rings is 1. The van der Waals surface area contributed by atoms with Gasteiger partial charge in [0.05, 0.1) is 16.7 Å². The maximum atomic E-state index is 13.1. The Bertz CT molecular complexity index is 1460. The van der Waals surface area contributed by atoms with Crippen molar-refractivity contribution >= 4 is 16.9 Å². The molecule has 8 nitrogen and oxygen atoms in total. The number of pyridine rings is 1. The fraction of sp³-hybridized carbons (Fsp3) is 0.393. The van der Waals surface area contributed by atoms with Crippen molar-refractivity contribution < 1.29 is 13.6 Å². The molecular formula is C28H29F2N7O. The lowest BCUT2D eigenvalue weighted by Gasteiger charge is -2.38. The average molecular weight is 518 g/mol. The summed E-state index contributed by atoms with van der Waals surface area (Å²) in [4.78, 5) is 37.2. The van der Waals surface area contributed by atoms with E-state index in [1.807, 2.05) is 29.3 Å². The van der Waals surface area contributed by atoms with Gasteiger partial charge in [0.25, 0.3) is 6.43 Å². The molecule has 4 aromatic rings. The Morgan fingerprint density at radius 3 is 2.63 bits per heavy atom. The number of halogens is 2. The Morgan fingerprint density at radius 2 is 1.87 bits per heavy atom. The van der Waals surface area contributed by atoms with Gasteiger partial charge in [0.15, 0.2) is 0 Å². The van der Waals surface area contributed by atoms with Crippen molar-refractivity contribution in [2.45, 2.75) is 38.7 Å². The maximum Gasteiger partial charge on any atom is 0.280 e. The molecule has 3 aromatic heterocycles. The van der Waals surface area contributed by atoms with Gasteiger partial charge in [-0.15, -0.1) is 0 Å². The van der Waals surface area contributed by atoms with Gasteiger partial charge in [-0.1, -0.05) is 6.07 Å². The summed E-state index contributed by atoms with van der Waals surface area (Å²) in [5, 5.41) is 0. The van der Waals surface area contributed by atoms with Crippen LogP contribution in [0.5, 0.6) is 0 Å². The molecule has 1 N–H and O–H groups in total. The van der Waals surface area contributed by atoms with Gasteiger partial charge >= 0.3 is 0 Å². The lowest BCUT2D eigenvalue weighted by Crippen LogP contribution is -2.49. The van der Waals surface area contributed by atoms with Crippen molar-refractivity contribution in [3.8, 4) is 11.3 Å². The number of nitrogens with one attached hydrogen (secondary N) is 1. The molecule has 38 heavy (non-hydrogen) atoms. The lowest BCUT2D eigenvalue weighted by atomic mass is 10.1. The van der Waals surface area contributed by atoms with Crippen LogP contribution < -0.4 is 0 Å². The molecule has 0 bridgehead atoms. The van der Waals surface area contributed by atoms with Gasteiger partial charge in [0, 0.05) is 62.0 Å². The van der Waals surface area contributed by atoms with E-state index in [9.17, 15) is 13.6 Å². The molecule has 10 heteroatoms. The van der Waals surface area contributed by atoms with E-state index in [2.05, 4.69) is 43.9 Å². The number of H-pyrrole nitrogens is 1. The number of piperazine rings is 1. The number of imidazole rings is 1. The molecule has 1 saturated heterocycles. The van der Waals surface area contributed by atoms with E-state index in [1.165, 1.54) is 11.6 Å². The molecule has 4 heterocycles. The summed E-state index contributed by atoms with van der Waals surface area (Å²) < 4.78 is 26.1. The third kappa shape index (κ3) is 5.13. The number of hydrogen-bond acceptors (Lipinski definition) is 6. The van der Waals surface area contributed by atoms with E-state index in [1.54, 1.807) is 0 Å². The predicted molar refractivity (Wildman–Crippen MR) is 138 cm³/mol. The van der Waals surface area contributed by atoms with Crippen molar-refractivity contribution in [3.05, 3.63) is 71.7 Å². The van der Waals surface area contributed by atoms with Crippen LogP contribution >= 0.6 is 0 Å². The Labute approximate surface area is 219 Å². The number of amides is 1. The minimum Gasteiger partial charge on any atom is -0.342 e. The number of hydrogen-bond donors (Lipinski definition) is 1. The van der Waals surface area contributed by atoms with E-state index in [0.29, 0.717) is 23.6 Å². The Morgan fingerprint density at radius 1 is 1.05 bits per heavy atom. The van der Waals surface area contributed by atoms with Gasteiger partial charge in [-0.05, 0) is 55.7 Å². The SMILES string of the molecule is CC(c1ccnc(Cc2nc3ccc(-c4cc(C(F)F)ncn4)cc3[nH]2)c1)N1CCN(C(=O)C2CC2)CC1. The Balaban J connectivity index is 1.14. The monoisotopic (exact) mass is 517 g/mol. The van der Waals surface area contributed by atoms with E-state index >= 15 is 0 Å². The summed E-state index contributed by atoms with van der Waals surface area (Å²) >= 11 is 0. The molecule has 196 valence electrons. The molecule has 0 radical (unpaired) electrons. The topological polar surface area (TPSA) is 90.9 Å². The van der Waals surface area contributed by atoms with Crippen LogP contribution in [0.4, 0.5) is 8.78 Å². The number of carbonyl (C=O) groups is 1. The first-order valence-electron chi connectivity index (χ1n) is 13.0. The zero-order chi connectivity index (χ0) is 26.2. The third-order valence-electron chi connectivity index (χ3n) is 7.51. The molecule has 0 spiro atoms. The third-order valence-corrected chi connectivity index (χ3v) is 7.51. The quantitative estimate of drug-likeness (QED) is 0.387. The molecule has 2 aliphatic rings. The summed E-state index contributed by atoms with van der Waals surface area (Å²) in [6.07, 6.45) is 2.98. The van der Waals surface area contributed by atoms with Crippen LogP contribution in [0, 0.1) is 5.92 Å². The van der Waals surface area contributed by atoms with Gasteiger partial charge in [-0.25, -0.2) is 23.7 Å². The smallest absolute Gasteiger partial charge is 0.280 e. The number of rotatable bonds is 7. The second-order valence-electron chi connectivity index (χ2n) is 10.1. The highest BCUT2D eigenvalue weighted by atomic mass is 19.3. The second kappa shape index (κ2) is 10.2. The Hall–Kier alpha value is -3.79. The van der Waals surface area contributed by atoms with E-state index < -0.39 is 6.43 Å². The van der Waals surface area contributed by atoms with Crippen LogP contribution in [-0.2, 0) is 11.2 Å². The van der Waals surface area contributed by atoms with Crippen molar-refractivity contribution in [2.75, 3.05) is 26.2 Å². The summed E-state index contributed by atoms with van der Waals surface area (Å²) in [6.45, 7) is 5.52. The number of nitrogens with zero attached hydrogens (tertiary/aromatic N) is 6. The molecule has 1 aliphatic carbocycles. The van der Waals surface area contributed by atoms with Gasteiger partial charge in [0.1, 0.15) is 17.8 Å². The predicted octanol–water partition coefficient (Wildman–Crippen LogP) is 4.56. The van der Waals surface area contributed by atoms with Crippen molar-refractivity contribution in [3.63, 3.8) is 0 Å². The molecule has 6 rings (SSSR count). The van der Waals surface area contributed by atoms with Crippen molar-refractivity contribution in [2.24, 2.45) is 5.92 Å². The van der Waals surface area contributed by atoms with Gasteiger partial charge in [0.2, 0.25) is 5.91 Å². The highest BCUT2D eigenvalue weighted by Gasteiger charge is 2.35. The molecule has 1 unspecified atom stereocenters. The molecule has 2 fully saturated rings. The van der Waals surface area contributed by atoms with Crippen molar-refractivity contribution in [1.29, 1.82) is 0 Å². The van der Waals surface area contributed by atoms with Crippen LogP contribution in [0.15, 0.2) is 48.9 Å². The van der Waals surface area contributed by atoms with Gasteiger partial charge in [-0.3, -0.25) is 14.7 Å². The van der Waals surface area contributed by atoms with E-state index in [-0.39, 0.29) is 17.7 Å². The zero-order valence-electron chi connectivity index (χ0n) is 21.1. The standard InChI is InChI=1S/C28H29F2N7O/c1-17(36-8-10-37(11-9-36)28(38)18-2-3-18)19-6-7-31-21(12-19)14-26-34-22-5-4-20(13-24(22)35-26)23-15-25(27(29)30)33-16-32-23/h4-7,12-13,15-18,27H,2-3,8-11,14H2,1H3,(H,34,35). The molecule has 1 amide bonds. The van der Waals surface area contributed by atoms with E-state index in [0.717, 1.165) is 67.9 Å². The van der Waals surface area contributed by atoms with Gasteiger partial charge < -0.3 is 9.88 Å². The normalized spacial score (nSPS) is 17.3. The van der Waals surface area contributed by atoms with Crippen molar-refractivity contribution in [1.82, 2.24) is 34.7 Å². The minimum atomic E-state index is -2.65. The van der Waals surface area contributed by atoms with Crippen LogP contribution in [0.2, 0.25) is 0 Å². The fourth-order valence-electron chi connectivity index (χ4n) is 5.11. The highest BCUT2D eigenvalue weighted by molar-refractivity contribution is 5.81. The maximum absolute atomic E-state index is 13.1. The first kappa shape index (κ1) is 24.5.